The number of hydrazine groups is 1. The number of nitrogens with one attached hydrogen (secondary N) is 2. The molecule has 35 heavy (non-hydrogen) atoms. The summed E-state index contributed by atoms with van der Waals surface area (Å²) in [6.45, 7) is 3.35. The number of hydrogen-bond acceptors (Lipinski definition) is 6. The summed E-state index contributed by atoms with van der Waals surface area (Å²) in [6, 6.07) is 17.3. The summed E-state index contributed by atoms with van der Waals surface area (Å²) in [5, 5.41) is 4.69. The number of rotatable bonds is 7. The first-order chi connectivity index (χ1) is 16.9. The van der Waals surface area contributed by atoms with Gasteiger partial charge in [0.05, 0.1) is 21.8 Å². The number of amides is 4. The molecular formula is C26H29N5O3S. The normalized spacial score (nSPS) is 23.0. The smallest absolute Gasteiger partial charge is 0.322 e. The van der Waals surface area contributed by atoms with Gasteiger partial charge in [0.2, 0.25) is 0 Å². The summed E-state index contributed by atoms with van der Waals surface area (Å²) in [7, 11) is 0. The van der Waals surface area contributed by atoms with Gasteiger partial charge >= 0.3 is 6.03 Å². The van der Waals surface area contributed by atoms with Crippen LogP contribution in [-0.4, -0.2) is 57.9 Å². The molecule has 0 bridgehead atoms. The molecule has 2 fully saturated rings. The van der Waals surface area contributed by atoms with E-state index in [1.807, 2.05) is 48.5 Å². The second-order valence-corrected chi connectivity index (χ2v) is 10.6. The number of likely N-dealkylation sites (tertiary alicyclic amines) is 1. The van der Waals surface area contributed by atoms with Gasteiger partial charge in [-0.1, -0.05) is 42.5 Å². The lowest BCUT2D eigenvalue weighted by Gasteiger charge is -2.31. The number of aryl methyl sites for hydroxylation is 1. The van der Waals surface area contributed by atoms with Gasteiger partial charge in [0, 0.05) is 12.5 Å². The van der Waals surface area contributed by atoms with Gasteiger partial charge in [0.25, 0.3) is 11.8 Å². The SMILES string of the molecule is CC1(CCc2ccccc2)NC(=O)N(NC(=O)CN2CCCC(c3nc4ccccc4s3)C2)C1=O. The number of thiazole rings is 1. The molecule has 2 unspecified atom stereocenters. The molecular weight excluding hydrogens is 462 g/mol. The van der Waals surface area contributed by atoms with E-state index < -0.39 is 17.5 Å². The Balaban J connectivity index is 1.17. The molecule has 182 valence electrons. The summed E-state index contributed by atoms with van der Waals surface area (Å²) < 4.78 is 1.17. The first-order valence-electron chi connectivity index (χ1n) is 12.0. The Bertz CT molecular complexity index is 1210. The minimum absolute atomic E-state index is 0.124. The second-order valence-electron chi connectivity index (χ2n) is 9.52. The van der Waals surface area contributed by atoms with Crippen LogP contribution < -0.4 is 10.7 Å². The molecule has 2 aliphatic heterocycles. The van der Waals surface area contributed by atoms with Crippen LogP contribution in [0.4, 0.5) is 4.79 Å². The lowest BCUT2D eigenvalue weighted by molar-refractivity contribution is -0.139. The summed E-state index contributed by atoms with van der Waals surface area (Å²) in [5.41, 5.74) is 3.58. The van der Waals surface area contributed by atoms with Crippen LogP contribution in [0.5, 0.6) is 0 Å². The van der Waals surface area contributed by atoms with Crippen molar-refractivity contribution < 1.29 is 14.4 Å². The van der Waals surface area contributed by atoms with E-state index in [4.69, 9.17) is 4.98 Å². The van der Waals surface area contributed by atoms with Gasteiger partial charge in [-0.05, 0) is 56.8 Å². The molecule has 2 aliphatic rings. The number of benzene rings is 2. The van der Waals surface area contributed by atoms with Gasteiger partial charge in [-0.15, -0.1) is 11.3 Å². The predicted octanol–water partition coefficient (Wildman–Crippen LogP) is 3.45. The van der Waals surface area contributed by atoms with Crippen molar-refractivity contribution in [1.29, 1.82) is 0 Å². The van der Waals surface area contributed by atoms with E-state index in [0.29, 0.717) is 12.8 Å². The number of carbonyl (C=O) groups excluding carboxylic acids is 3. The average Bonchev–Trinajstić information content (AvgIpc) is 3.39. The van der Waals surface area contributed by atoms with Crippen molar-refractivity contribution in [2.45, 2.75) is 44.1 Å². The van der Waals surface area contributed by atoms with Crippen LogP contribution in [0.3, 0.4) is 0 Å². The Hall–Kier alpha value is -3.30. The zero-order valence-electron chi connectivity index (χ0n) is 19.7. The summed E-state index contributed by atoms with van der Waals surface area (Å²) >= 11 is 1.71. The number of nitrogens with zero attached hydrogens (tertiary/aromatic N) is 3. The summed E-state index contributed by atoms with van der Waals surface area (Å²) in [6.07, 6.45) is 3.09. The van der Waals surface area contributed by atoms with Gasteiger partial charge in [0.1, 0.15) is 5.54 Å². The van der Waals surface area contributed by atoms with Crippen molar-refractivity contribution in [3.63, 3.8) is 0 Å². The summed E-state index contributed by atoms with van der Waals surface area (Å²) in [5.74, 6) is -0.532. The minimum atomic E-state index is -1.05. The van der Waals surface area contributed by atoms with Gasteiger partial charge in [-0.3, -0.25) is 19.9 Å². The van der Waals surface area contributed by atoms with Crippen molar-refractivity contribution in [1.82, 2.24) is 25.6 Å². The standard InChI is InChI=1S/C26H29N5O3S/c1-26(14-13-18-8-3-2-4-9-18)24(33)31(25(34)28-26)29-22(32)17-30-15-7-10-19(16-30)23-27-20-11-5-6-12-21(20)35-23/h2-6,8-9,11-12,19H,7,10,13-17H2,1H3,(H,28,34)(H,29,32). The molecule has 2 atom stereocenters. The Labute approximate surface area is 208 Å². The number of fused-ring (bicyclic) bond motifs is 1. The maximum Gasteiger partial charge on any atom is 0.344 e. The van der Waals surface area contributed by atoms with Gasteiger partial charge in [-0.2, -0.15) is 5.01 Å². The van der Waals surface area contributed by atoms with Crippen LogP contribution in [0.25, 0.3) is 10.2 Å². The second kappa shape index (κ2) is 9.75. The van der Waals surface area contributed by atoms with E-state index in [9.17, 15) is 14.4 Å². The Morgan fingerprint density at radius 3 is 2.74 bits per heavy atom. The lowest BCUT2D eigenvalue weighted by atomic mass is 9.93. The Kier molecular flexibility index (Phi) is 6.53. The third kappa shape index (κ3) is 5.06. The van der Waals surface area contributed by atoms with E-state index in [1.54, 1.807) is 18.3 Å². The number of urea groups is 1. The van der Waals surface area contributed by atoms with Crippen LogP contribution in [0.2, 0.25) is 0 Å². The van der Waals surface area contributed by atoms with Crippen molar-refractivity contribution >= 4 is 39.4 Å². The average molecular weight is 492 g/mol. The third-order valence-electron chi connectivity index (χ3n) is 6.79. The highest BCUT2D eigenvalue weighted by Crippen LogP contribution is 2.33. The minimum Gasteiger partial charge on any atom is -0.322 e. The van der Waals surface area contributed by atoms with Gasteiger partial charge in [-0.25, -0.2) is 9.78 Å². The molecule has 0 saturated carbocycles. The van der Waals surface area contributed by atoms with Crippen LogP contribution in [0, 0.1) is 0 Å². The molecule has 3 aromatic rings. The highest BCUT2D eigenvalue weighted by Gasteiger charge is 2.48. The van der Waals surface area contributed by atoms with E-state index in [-0.39, 0.29) is 18.4 Å². The number of piperidine rings is 1. The van der Waals surface area contributed by atoms with E-state index in [1.165, 1.54) is 4.70 Å². The van der Waals surface area contributed by atoms with E-state index in [2.05, 4.69) is 21.7 Å². The fourth-order valence-electron chi connectivity index (χ4n) is 4.82. The molecule has 8 nitrogen and oxygen atoms in total. The molecule has 2 saturated heterocycles. The first-order valence-corrected chi connectivity index (χ1v) is 12.8. The van der Waals surface area contributed by atoms with Gasteiger partial charge in [0.15, 0.2) is 0 Å². The maximum atomic E-state index is 13.0. The molecule has 4 amide bonds. The molecule has 2 aromatic carbocycles. The molecule has 2 N–H and O–H groups in total. The maximum absolute atomic E-state index is 13.0. The van der Waals surface area contributed by atoms with Crippen molar-refractivity contribution in [3.05, 3.63) is 65.2 Å². The zero-order chi connectivity index (χ0) is 24.4. The number of imide groups is 1. The topological polar surface area (TPSA) is 94.6 Å². The largest absolute Gasteiger partial charge is 0.344 e. The molecule has 0 aliphatic carbocycles. The quantitative estimate of drug-likeness (QED) is 0.494. The molecule has 5 rings (SSSR count). The van der Waals surface area contributed by atoms with Crippen LogP contribution in [-0.2, 0) is 16.0 Å². The summed E-state index contributed by atoms with van der Waals surface area (Å²) in [4.78, 5) is 45.2. The van der Waals surface area contributed by atoms with Crippen LogP contribution in [0.15, 0.2) is 54.6 Å². The number of aromatic nitrogens is 1. The molecule has 0 spiro atoms. The fraction of sp³-hybridized carbons (Fsp3) is 0.385. The van der Waals surface area contributed by atoms with Crippen LogP contribution >= 0.6 is 11.3 Å². The van der Waals surface area contributed by atoms with Gasteiger partial charge < -0.3 is 5.32 Å². The monoisotopic (exact) mass is 491 g/mol. The van der Waals surface area contributed by atoms with Crippen molar-refractivity contribution in [3.8, 4) is 0 Å². The highest BCUT2D eigenvalue weighted by atomic mass is 32.1. The van der Waals surface area contributed by atoms with E-state index >= 15 is 0 Å². The lowest BCUT2D eigenvalue weighted by Crippen LogP contribution is -2.52. The Morgan fingerprint density at radius 1 is 1.17 bits per heavy atom. The zero-order valence-corrected chi connectivity index (χ0v) is 20.5. The fourth-order valence-corrected chi connectivity index (χ4v) is 5.92. The Morgan fingerprint density at radius 2 is 1.94 bits per heavy atom. The third-order valence-corrected chi connectivity index (χ3v) is 7.99. The van der Waals surface area contributed by atoms with Crippen molar-refractivity contribution in [2.24, 2.45) is 0 Å². The predicted molar refractivity (Wildman–Crippen MR) is 135 cm³/mol. The first kappa shape index (κ1) is 23.4. The molecule has 3 heterocycles. The molecule has 1 aromatic heterocycles. The number of carbonyl (C=O) groups is 3. The molecule has 0 radical (unpaired) electrons. The van der Waals surface area contributed by atoms with Crippen LogP contribution in [0.1, 0.15) is 42.7 Å². The van der Waals surface area contributed by atoms with E-state index in [0.717, 1.165) is 47.0 Å². The number of para-hydroxylation sites is 1. The number of hydrogen-bond donors (Lipinski definition) is 2. The molecule has 9 heteroatoms. The van der Waals surface area contributed by atoms with Crippen molar-refractivity contribution in [2.75, 3.05) is 19.6 Å². The highest BCUT2D eigenvalue weighted by molar-refractivity contribution is 7.18.